The van der Waals surface area contributed by atoms with Crippen molar-refractivity contribution in [2.45, 2.75) is 19.0 Å². The summed E-state index contributed by atoms with van der Waals surface area (Å²) in [6, 6.07) is 11.8. The zero-order valence-corrected chi connectivity index (χ0v) is 14.2. The number of primary amides is 1. The molecule has 0 aliphatic rings. The Morgan fingerprint density at radius 3 is 2.71 bits per heavy atom. The molecule has 2 N–H and O–H groups in total. The highest BCUT2D eigenvalue weighted by atomic mass is 32.2. The van der Waals surface area contributed by atoms with Gasteiger partial charge in [-0.2, -0.15) is 0 Å². The van der Waals surface area contributed by atoms with E-state index in [0.29, 0.717) is 11.0 Å². The normalized spacial score (nSPS) is 10.8. The monoisotopic (exact) mass is 339 g/mol. The van der Waals surface area contributed by atoms with Crippen LogP contribution in [-0.2, 0) is 4.79 Å². The zero-order valence-electron chi connectivity index (χ0n) is 13.4. The third kappa shape index (κ3) is 3.30. The standard InChI is InChI=1S/C17H17N5OS/c1-11-6-7-14(12(2)9-11)22-16(13-5-3-4-8-19-13)20-21-17(22)24-10-15(18)23/h3-9H,10H2,1-2H3,(H2,18,23). The first kappa shape index (κ1) is 16.2. The van der Waals surface area contributed by atoms with Gasteiger partial charge in [0.15, 0.2) is 11.0 Å². The molecule has 1 aromatic carbocycles. The number of hydrogen-bond donors (Lipinski definition) is 1. The van der Waals surface area contributed by atoms with E-state index in [2.05, 4.69) is 21.2 Å². The number of pyridine rings is 1. The fourth-order valence-electron chi connectivity index (χ4n) is 2.43. The van der Waals surface area contributed by atoms with Crippen molar-refractivity contribution in [2.75, 3.05) is 5.75 Å². The summed E-state index contributed by atoms with van der Waals surface area (Å²) in [7, 11) is 0. The van der Waals surface area contributed by atoms with E-state index in [1.807, 2.05) is 48.7 Å². The first-order valence-corrected chi connectivity index (χ1v) is 8.40. The predicted molar refractivity (Wildman–Crippen MR) is 94.0 cm³/mol. The van der Waals surface area contributed by atoms with E-state index in [-0.39, 0.29) is 5.75 Å². The second-order valence-corrected chi connectivity index (χ2v) is 6.34. The van der Waals surface area contributed by atoms with Gasteiger partial charge in [-0.3, -0.25) is 14.3 Å². The molecule has 7 heteroatoms. The summed E-state index contributed by atoms with van der Waals surface area (Å²) in [6.45, 7) is 4.08. The Morgan fingerprint density at radius 1 is 1.21 bits per heavy atom. The van der Waals surface area contributed by atoms with Crippen LogP contribution in [0.25, 0.3) is 17.2 Å². The van der Waals surface area contributed by atoms with E-state index in [1.165, 1.54) is 17.3 Å². The minimum absolute atomic E-state index is 0.144. The van der Waals surface area contributed by atoms with Gasteiger partial charge in [0.05, 0.1) is 11.4 Å². The summed E-state index contributed by atoms with van der Waals surface area (Å²) in [6.07, 6.45) is 1.71. The Kier molecular flexibility index (Phi) is 4.61. The molecule has 0 saturated heterocycles. The molecule has 0 aliphatic carbocycles. The fourth-order valence-corrected chi connectivity index (χ4v) is 3.12. The molecule has 0 unspecified atom stereocenters. The molecule has 122 valence electrons. The summed E-state index contributed by atoms with van der Waals surface area (Å²) in [5.41, 5.74) is 9.21. The molecule has 6 nitrogen and oxygen atoms in total. The van der Waals surface area contributed by atoms with Crippen molar-refractivity contribution in [3.8, 4) is 17.2 Å². The average Bonchev–Trinajstić information content (AvgIpc) is 2.97. The Bertz CT molecular complexity index is 876. The number of aryl methyl sites for hydroxylation is 2. The van der Waals surface area contributed by atoms with E-state index < -0.39 is 5.91 Å². The summed E-state index contributed by atoms with van der Waals surface area (Å²) in [4.78, 5) is 15.5. The van der Waals surface area contributed by atoms with Gasteiger partial charge in [-0.05, 0) is 37.6 Å². The van der Waals surface area contributed by atoms with Crippen molar-refractivity contribution in [2.24, 2.45) is 5.73 Å². The van der Waals surface area contributed by atoms with Crippen molar-refractivity contribution in [1.29, 1.82) is 0 Å². The highest BCUT2D eigenvalue weighted by Crippen LogP contribution is 2.28. The van der Waals surface area contributed by atoms with Crippen LogP contribution in [0.15, 0.2) is 47.8 Å². The first-order chi connectivity index (χ1) is 11.6. The van der Waals surface area contributed by atoms with Gasteiger partial charge < -0.3 is 5.73 Å². The maximum Gasteiger partial charge on any atom is 0.227 e. The number of carbonyl (C=O) groups excluding carboxylic acids is 1. The minimum Gasteiger partial charge on any atom is -0.369 e. The van der Waals surface area contributed by atoms with Gasteiger partial charge in [-0.25, -0.2) is 0 Å². The molecule has 0 spiro atoms. The third-order valence-corrected chi connectivity index (χ3v) is 4.42. The van der Waals surface area contributed by atoms with Crippen molar-refractivity contribution in [1.82, 2.24) is 19.7 Å². The molecule has 3 rings (SSSR count). The molecular weight excluding hydrogens is 322 g/mol. The molecule has 0 atom stereocenters. The summed E-state index contributed by atoms with van der Waals surface area (Å²) in [5, 5.41) is 9.13. The fraction of sp³-hybridized carbons (Fsp3) is 0.176. The second-order valence-electron chi connectivity index (χ2n) is 5.40. The van der Waals surface area contributed by atoms with Crippen molar-refractivity contribution in [3.63, 3.8) is 0 Å². The first-order valence-electron chi connectivity index (χ1n) is 7.42. The molecule has 0 radical (unpaired) electrons. The van der Waals surface area contributed by atoms with Crippen LogP contribution in [0.4, 0.5) is 0 Å². The quantitative estimate of drug-likeness (QED) is 0.722. The third-order valence-electron chi connectivity index (χ3n) is 3.46. The van der Waals surface area contributed by atoms with Crippen molar-refractivity contribution in [3.05, 3.63) is 53.7 Å². The van der Waals surface area contributed by atoms with E-state index in [9.17, 15) is 4.79 Å². The maximum absolute atomic E-state index is 11.1. The lowest BCUT2D eigenvalue weighted by molar-refractivity contribution is -0.115. The number of carbonyl (C=O) groups is 1. The molecule has 0 bridgehead atoms. The summed E-state index contributed by atoms with van der Waals surface area (Å²) < 4.78 is 1.92. The molecule has 0 saturated carbocycles. The van der Waals surface area contributed by atoms with Crippen LogP contribution < -0.4 is 5.73 Å². The predicted octanol–water partition coefficient (Wildman–Crippen LogP) is 2.52. The van der Waals surface area contributed by atoms with Crippen molar-refractivity contribution < 1.29 is 4.79 Å². The van der Waals surface area contributed by atoms with Crippen LogP contribution in [0.3, 0.4) is 0 Å². The molecule has 0 aliphatic heterocycles. The number of benzene rings is 1. The van der Waals surface area contributed by atoms with Crippen LogP contribution in [0.1, 0.15) is 11.1 Å². The van der Waals surface area contributed by atoms with Crippen LogP contribution in [0.5, 0.6) is 0 Å². The summed E-state index contributed by atoms with van der Waals surface area (Å²) in [5.74, 6) is 0.384. The molecule has 24 heavy (non-hydrogen) atoms. The van der Waals surface area contributed by atoms with Crippen LogP contribution in [0.2, 0.25) is 0 Å². The minimum atomic E-state index is -0.394. The Morgan fingerprint density at radius 2 is 2.04 bits per heavy atom. The summed E-state index contributed by atoms with van der Waals surface area (Å²) >= 11 is 1.27. The molecular formula is C17H17N5OS. The number of thioether (sulfide) groups is 1. The van der Waals surface area contributed by atoms with Crippen molar-refractivity contribution >= 4 is 17.7 Å². The van der Waals surface area contributed by atoms with E-state index in [0.717, 1.165) is 16.9 Å². The maximum atomic E-state index is 11.1. The van der Waals surface area contributed by atoms with E-state index >= 15 is 0 Å². The molecule has 1 amide bonds. The van der Waals surface area contributed by atoms with Gasteiger partial charge in [-0.1, -0.05) is 35.5 Å². The van der Waals surface area contributed by atoms with Gasteiger partial charge in [0, 0.05) is 6.20 Å². The molecule has 3 aromatic rings. The number of amides is 1. The van der Waals surface area contributed by atoms with Gasteiger partial charge in [0.2, 0.25) is 5.91 Å². The molecule has 2 heterocycles. The topological polar surface area (TPSA) is 86.7 Å². The van der Waals surface area contributed by atoms with E-state index in [1.54, 1.807) is 6.20 Å². The van der Waals surface area contributed by atoms with Gasteiger partial charge in [0.1, 0.15) is 5.69 Å². The van der Waals surface area contributed by atoms with Crippen LogP contribution in [-0.4, -0.2) is 31.4 Å². The van der Waals surface area contributed by atoms with Gasteiger partial charge in [-0.15, -0.1) is 10.2 Å². The zero-order chi connectivity index (χ0) is 17.1. The number of rotatable bonds is 5. The van der Waals surface area contributed by atoms with Gasteiger partial charge in [0.25, 0.3) is 0 Å². The van der Waals surface area contributed by atoms with Crippen LogP contribution >= 0.6 is 11.8 Å². The smallest absolute Gasteiger partial charge is 0.227 e. The Hall–Kier alpha value is -2.67. The highest BCUT2D eigenvalue weighted by molar-refractivity contribution is 7.99. The average molecular weight is 339 g/mol. The molecule has 2 aromatic heterocycles. The lowest BCUT2D eigenvalue weighted by Crippen LogP contribution is -2.14. The Balaban J connectivity index is 2.15. The SMILES string of the molecule is Cc1ccc(-n2c(SCC(N)=O)nnc2-c2ccccn2)c(C)c1. The van der Waals surface area contributed by atoms with E-state index in [4.69, 9.17) is 5.73 Å². The lowest BCUT2D eigenvalue weighted by atomic mass is 10.1. The highest BCUT2D eigenvalue weighted by Gasteiger charge is 2.18. The molecule has 0 fully saturated rings. The number of hydrogen-bond acceptors (Lipinski definition) is 5. The van der Waals surface area contributed by atoms with Gasteiger partial charge >= 0.3 is 0 Å². The second kappa shape index (κ2) is 6.84. The van der Waals surface area contributed by atoms with Crippen LogP contribution in [0, 0.1) is 13.8 Å². The number of nitrogens with zero attached hydrogens (tertiary/aromatic N) is 4. The number of nitrogens with two attached hydrogens (primary N) is 1. The largest absolute Gasteiger partial charge is 0.369 e. The Labute approximate surface area is 144 Å². The number of aromatic nitrogens is 4. The lowest BCUT2D eigenvalue weighted by Gasteiger charge is -2.13.